The molecule has 5 nitrogen and oxygen atoms in total. The largest absolute Gasteiger partial charge is 0.340 e. The van der Waals surface area contributed by atoms with Crippen LogP contribution in [0.25, 0.3) is 0 Å². The van der Waals surface area contributed by atoms with Gasteiger partial charge in [-0.15, -0.1) is 0 Å². The third-order valence-electron chi connectivity index (χ3n) is 3.33. The highest BCUT2D eigenvalue weighted by Gasteiger charge is 2.29. The Morgan fingerprint density at radius 1 is 1.25 bits per heavy atom. The van der Waals surface area contributed by atoms with Gasteiger partial charge in [0, 0.05) is 37.6 Å². The first-order chi connectivity index (χ1) is 9.45. The van der Waals surface area contributed by atoms with E-state index in [0.29, 0.717) is 37.6 Å². The standard InChI is InChI=1S/C13H17ClN2O3S/c1-2-13(17)15-6-8-16(9-7-15)20(18,19)12-5-3-4-11(14)10-12/h3-5,10H,2,6-9H2,1H3. The van der Waals surface area contributed by atoms with E-state index in [-0.39, 0.29) is 10.8 Å². The summed E-state index contributed by atoms with van der Waals surface area (Å²) in [6.45, 7) is 3.32. The van der Waals surface area contributed by atoms with Crippen LogP contribution in [0.5, 0.6) is 0 Å². The van der Waals surface area contributed by atoms with E-state index in [2.05, 4.69) is 0 Å². The molecule has 1 aliphatic heterocycles. The SMILES string of the molecule is CCC(=O)N1CCN(S(=O)(=O)c2cccc(Cl)c2)CC1. The van der Waals surface area contributed by atoms with Crippen LogP contribution in [-0.2, 0) is 14.8 Å². The summed E-state index contributed by atoms with van der Waals surface area (Å²) in [6.07, 6.45) is 0.445. The zero-order valence-corrected chi connectivity index (χ0v) is 12.8. The molecule has 0 N–H and O–H groups in total. The number of carbonyl (C=O) groups excluding carboxylic acids is 1. The van der Waals surface area contributed by atoms with Gasteiger partial charge in [-0.3, -0.25) is 4.79 Å². The van der Waals surface area contributed by atoms with E-state index in [1.807, 2.05) is 0 Å². The Morgan fingerprint density at radius 3 is 2.45 bits per heavy atom. The maximum atomic E-state index is 12.4. The number of piperazine rings is 1. The Morgan fingerprint density at radius 2 is 1.90 bits per heavy atom. The molecular weight excluding hydrogens is 300 g/mol. The van der Waals surface area contributed by atoms with Crippen LogP contribution in [0.4, 0.5) is 0 Å². The van der Waals surface area contributed by atoms with Crippen LogP contribution in [0.3, 0.4) is 0 Å². The number of nitrogens with zero attached hydrogens (tertiary/aromatic N) is 2. The first-order valence-corrected chi connectivity index (χ1v) is 8.30. The minimum absolute atomic E-state index is 0.0600. The summed E-state index contributed by atoms with van der Waals surface area (Å²) in [5, 5.41) is 0.394. The number of benzene rings is 1. The average Bonchev–Trinajstić information content (AvgIpc) is 2.46. The molecule has 7 heteroatoms. The van der Waals surface area contributed by atoms with E-state index < -0.39 is 10.0 Å². The highest BCUT2D eigenvalue weighted by molar-refractivity contribution is 7.89. The van der Waals surface area contributed by atoms with Crippen LogP contribution in [0, 0.1) is 0 Å². The predicted octanol–water partition coefficient (Wildman–Crippen LogP) is 1.58. The zero-order chi connectivity index (χ0) is 14.8. The summed E-state index contributed by atoms with van der Waals surface area (Å²) in [7, 11) is -3.53. The van der Waals surface area contributed by atoms with Crippen LogP contribution in [0.2, 0.25) is 5.02 Å². The number of carbonyl (C=O) groups is 1. The first kappa shape index (κ1) is 15.3. The summed E-state index contributed by atoms with van der Waals surface area (Å²) in [5.41, 5.74) is 0. The molecule has 2 rings (SSSR count). The van der Waals surface area contributed by atoms with E-state index in [0.717, 1.165) is 0 Å². The number of sulfonamides is 1. The molecule has 0 aliphatic carbocycles. The molecule has 1 aliphatic rings. The van der Waals surface area contributed by atoms with Gasteiger partial charge in [-0.2, -0.15) is 4.31 Å². The van der Waals surface area contributed by atoms with Crippen molar-refractivity contribution in [1.82, 2.24) is 9.21 Å². The van der Waals surface area contributed by atoms with Crippen molar-refractivity contribution in [1.29, 1.82) is 0 Å². The summed E-state index contributed by atoms with van der Waals surface area (Å²) < 4.78 is 26.3. The van der Waals surface area contributed by atoms with E-state index in [1.54, 1.807) is 24.0 Å². The molecule has 20 heavy (non-hydrogen) atoms. The van der Waals surface area contributed by atoms with Crippen molar-refractivity contribution in [2.45, 2.75) is 18.2 Å². The van der Waals surface area contributed by atoms with Crippen molar-refractivity contribution in [3.8, 4) is 0 Å². The van der Waals surface area contributed by atoms with Gasteiger partial charge in [0.15, 0.2) is 0 Å². The second-order valence-corrected chi connectivity index (χ2v) is 6.97. The zero-order valence-electron chi connectivity index (χ0n) is 11.3. The third-order valence-corrected chi connectivity index (χ3v) is 5.46. The molecule has 0 spiro atoms. The van der Waals surface area contributed by atoms with E-state index in [9.17, 15) is 13.2 Å². The molecule has 1 fully saturated rings. The molecule has 110 valence electrons. The van der Waals surface area contributed by atoms with Crippen LogP contribution < -0.4 is 0 Å². The normalized spacial score (nSPS) is 17.2. The Kier molecular flexibility index (Phi) is 4.67. The lowest BCUT2D eigenvalue weighted by atomic mass is 10.3. The van der Waals surface area contributed by atoms with Crippen molar-refractivity contribution in [3.05, 3.63) is 29.3 Å². The summed E-state index contributed by atoms with van der Waals surface area (Å²) in [5.74, 6) is 0.0600. The molecule has 0 saturated carbocycles. The molecule has 1 aromatic carbocycles. The number of halogens is 1. The van der Waals surface area contributed by atoms with Gasteiger partial charge >= 0.3 is 0 Å². The minimum Gasteiger partial charge on any atom is -0.340 e. The van der Waals surface area contributed by atoms with Crippen LogP contribution in [0.15, 0.2) is 29.2 Å². The molecule has 1 saturated heterocycles. The van der Waals surface area contributed by atoms with Gasteiger partial charge in [-0.25, -0.2) is 8.42 Å². The molecule has 0 atom stereocenters. The van der Waals surface area contributed by atoms with Crippen molar-refractivity contribution in [2.24, 2.45) is 0 Å². The Labute approximate surface area is 124 Å². The molecule has 0 aromatic heterocycles. The smallest absolute Gasteiger partial charge is 0.243 e. The summed E-state index contributed by atoms with van der Waals surface area (Å²) >= 11 is 5.84. The highest BCUT2D eigenvalue weighted by atomic mass is 35.5. The lowest BCUT2D eigenvalue weighted by molar-refractivity contribution is -0.132. The number of hydrogen-bond acceptors (Lipinski definition) is 3. The monoisotopic (exact) mass is 316 g/mol. The molecule has 0 bridgehead atoms. The Hall–Kier alpha value is -1.11. The predicted molar refractivity (Wildman–Crippen MR) is 77.1 cm³/mol. The quantitative estimate of drug-likeness (QED) is 0.851. The van der Waals surface area contributed by atoms with Gasteiger partial charge in [0.05, 0.1) is 4.90 Å². The van der Waals surface area contributed by atoms with Crippen molar-refractivity contribution in [3.63, 3.8) is 0 Å². The lowest BCUT2D eigenvalue weighted by Crippen LogP contribution is -2.50. The third kappa shape index (κ3) is 3.13. The molecular formula is C13H17ClN2O3S. The fourth-order valence-electron chi connectivity index (χ4n) is 2.18. The highest BCUT2D eigenvalue weighted by Crippen LogP contribution is 2.20. The second-order valence-electron chi connectivity index (χ2n) is 4.60. The van der Waals surface area contributed by atoms with Crippen molar-refractivity contribution < 1.29 is 13.2 Å². The van der Waals surface area contributed by atoms with Crippen LogP contribution >= 0.6 is 11.6 Å². The van der Waals surface area contributed by atoms with E-state index in [4.69, 9.17) is 11.6 Å². The van der Waals surface area contributed by atoms with E-state index in [1.165, 1.54) is 16.4 Å². The van der Waals surface area contributed by atoms with Gasteiger partial charge in [0.1, 0.15) is 0 Å². The molecule has 1 aromatic rings. The maximum absolute atomic E-state index is 12.4. The van der Waals surface area contributed by atoms with Gasteiger partial charge < -0.3 is 4.90 Å². The Bertz CT molecular complexity index is 595. The molecule has 1 heterocycles. The fourth-order valence-corrected chi connectivity index (χ4v) is 3.90. The van der Waals surface area contributed by atoms with Crippen LogP contribution in [-0.4, -0.2) is 49.7 Å². The molecule has 1 amide bonds. The van der Waals surface area contributed by atoms with Crippen molar-refractivity contribution in [2.75, 3.05) is 26.2 Å². The number of hydrogen-bond donors (Lipinski definition) is 0. The topological polar surface area (TPSA) is 57.7 Å². The number of amides is 1. The average molecular weight is 317 g/mol. The molecule has 0 radical (unpaired) electrons. The van der Waals surface area contributed by atoms with Gasteiger partial charge in [-0.1, -0.05) is 24.6 Å². The van der Waals surface area contributed by atoms with E-state index >= 15 is 0 Å². The van der Waals surface area contributed by atoms with Gasteiger partial charge in [0.25, 0.3) is 0 Å². The van der Waals surface area contributed by atoms with Gasteiger partial charge in [-0.05, 0) is 18.2 Å². The fraction of sp³-hybridized carbons (Fsp3) is 0.462. The minimum atomic E-state index is -3.53. The Balaban J connectivity index is 2.11. The van der Waals surface area contributed by atoms with Gasteiger partial charge in [0.2, 0.25) is 15.9 Å². The number of rotatable bonds is 3. The maximum Gasteiger partial charge on any atom is 0.243 e. The lowest BCUT2D eigenvalue weighted by Gasteiger charge is -2.33. The van der Waals surface area contributed by atoms with Crippen molar-refractivity contribution >= 4 is 27.5 Å². The van der Waals surface area contributed by atoms with Crippen LogP contribution in [0.1, 0.15) is 13.3 Å². The molecule has 0 unspecified atom stereocenters. The first-order valence-electron chi connectivity index (χ1n) is 6.48. The second kappa shape index (κ2) is 6.11. The summed E-state index contributed by atoms with van der Waals surface area (Å²) in [4.78, 5) is 13.5. The summed E-state index contributed by atoms with van der Waals surface area (Å²) in [6, 6.07) is 6.23.